The van der Waals surface area contributed by atoms with Crippen LogP contribution in [0.25, 0.3) is 11.2 Å². The van der Waals surface area contributed by atoms with Gasteiger partial charge in [-0.25, -0.2) is 14.4 Å². The zero-order valence-corrected chi connectivity index (χ0v) is 19.3. The fraction of sp³-hybridized carbons (Fsp3) is 0.238. The second-order valence-corrected chi connectivity index (χ2v) is 7.96. The van der Waals surface area contributed by atoms with Crippen molar-refractivity contribution >= 4 is 31.1 Å². The first-order valence-electron chi connectivity index (χ1n) is 10.5. The molecule has 0 spiro atoms. The summed E-state index contributed by atoms with van der Waals surface area (Å²) in [5.41, 5.74) is 0.519. The number of carbonyl (C=O) groups is 1. The molecule has 3 aromatic heterocycles. The maximum Gasteiger partial charge on any atom is 0.695 e. The fourth-order valence-corrected chi connectivity index (χ4v) is 3.84. The number of benzene rings is 1. The molecular formula is C21H20FN7O6P+. The van der Waals surface area contributed by atoms with Crippen molar-refractivity contribution in [3.8, 4) is 0 Å². The van der Waals surface area contributed by atoms with Gasteiger partial charge in [0.15, 0.2) is 35.5 Å². The van der Waals surface area contributed by atoms with E-state index in [9.17, 15) is 18.9 Å². The zero-order chi connectivity index (χ0) is 25.5. The number of hydrogen-bond acceptors (Lipinski definition) is 10. The third-order valence-electron chi connectivity index (χ3n) is 5.00. The lowest BCUT2D eigenvalue weighted by Gasteiger charge is -2.13. The van der Waals surface area contributed by atoms with E-state index in [0.717, 1.165) is 11.0 Å². The number of aliphatic hydroxyl groups is 1. The summed E-state index contributed by atoms with van der Waals surface area (Å²) < 4.78 is 36.9. The van der Waals surface area contributed by atoms with Crippen molar-refractivity contribution in [2.75, 3.05) is 11.9 Å². The lowest BCUT2D eigenvalue weighted by Crippen LogP contribution is -2.32. The second kappa shape index (κ2) is 11.7. The molecule has 0 saturated carbocycles. The van der Waals surface area contributed by atoms with Crippen molar-refractivity contribution in [3.05, 3.63) is 72.8 Å². The van der Waals surface area contributed by atoms with Gasteiger partial charge in [-0.1, -0.05) is 29.5 Å². The summed E-state index contributed by atoms with van der Waals surface area (Å²) in [6, 6.07) is 14.1. The van der Waals surface area contributed by atoms with Crippen LogP contribution in [-0.4, -0.2) is 70.8 Å². The molecule has 1 aromatic carbocycles. The Kier molecular flexibility index (Phi) is 8.25. The Morgan fingerprint density at radius 2 is 1.89 bits per heavy atom. The Balaban J connectivity index is 0.000000445. The van der Waals surface area contributed by atoms with Crippen molar-refractivity contribution in [1.29, 1.82) is 0 Å². The van der Waals surface area contributed by atoms with E-state index >= 15 is 0 Å². The van der Waals surface area contributed by atoms with Gasteiger partial charge in [0.2, 0.25) is 0 Å². The van der Waals surface area contributed by atoms with Crippen molar-refractivity contribution in [2.24, 2.45) is 0 Å². The summed E-state index contributed by atoms with van der Waals surface area (Å²) in [4.78, 5) is 33.1. The average molecular weight is 516 g/mol. The predicted molar refractivity (Wildman–Crippen MR) is 122 cm³/mol. The number of fused-ring (bicyclic) bond motifs is 1. The molecule has 0 bridgehead atoms. The number of rotatable bonds is 6. The molecule has 3 N–H and O–H groups in total. The first kappa shape index (κ1) is 25.3. The van der Waals surface area contributed by atoms with Crippen LogP contribution in [0.4, 0.5) is 10.2 Å². The fourth-order valence-electron chi connectivity index (χ4n) is 3.38. The molecule has 1 amide bonds. The first-order valence-corrected chi connectivity index (χ1v) is 11.6. The smallest absolute Gasteiger partial charge is 0.394 e. The van der Waals surface area contributed by atoms with Crippen molar-refractivity contribution in [1.82, 2.24) is 29.9 Å². The summed E-state index contributed by atoms with van der Waals surface area (Å²) in [6.45, 7) is -0.648. The number of ether oxygens (including phenoxy) is 1. The SMILES string of the molecule is O=C(Nc1ncnc2c1nnn2[C@@H]1O[C@H](CO)[C@@H](O[P+](=O)O)[C@@H]1F)c1ccccc1.c1ccncc1. The standard InChI is InChI=1S/C16H14FN6O6P.C5H5N/c17-10-12(29-30(26)27)9(6-24)28-16(10)23-14-11(21-22-23)13(18-7-19-14)20-15(25)8-4-2-1-3-5-8;1-2-4-6-5-3-1/h1-5,7,9-10,12,16,24H,6H2,(H-,18,19,20,22,25,26,27);1-5H/p+1/t9-,10+,12-,16-;/m1./s1. The van der Waals surface area contributed by atoms with Gasteiger partial charge in [-0.15, -0.1) is 14.5 Å². The number of halogens is 1. The number of aliphatic hydroxyl groups excluding tert-OH is 1. The number of nitrogens with one attached hydrogen (secondary N) is 1. The molecule has 1 aliphatic heterocycles. The van der Waals surface area contributed by atoms with Crippen LogP contribution < -0.4 is 5.32 Å². The van der Waals surface area contributed by atoms with E-state index in [1.807, 2.05) is 18.2 Å². The van der Waals surface area contributed by atoms with Gasteiger partial charge in [-0.2, -0.15) is 4.68 Å². The number of pyridine rings is 1. The van der Waals surface area contributed by atoms with Crippen molar-refractivity contribution < 1.29 is 33.0 Å². The highest BCUT2D eigenvalue weighted by Gasteiger charge is 2.52. The number of alkyl halides is 1. The summed E-state index contributed by atoms with van der Waals surface area (Å²) in [5.74, 6) is -0.385. The molecule has 13 nitrogen and oxygen atoms in total. The van der Waals surface area contributed by atoms with Gasteiger partial charge in [0, 0.05) is 22.5 Å². The molecule has 15 heteroatoms. The van der Waals surface area contributed by atoms with Gasteiger partial charge in [-0.3, -0.25) is 9.78 Å². The minimum Gasteiger partial charge on any atom is -0.394 e. The number of carbonyl (C=O) groups excluding carboxylic acids is 1. The van der Waals surface area contributed by atoms with E-state index in [-0.39, 0.29) is 17.0 Å². The predicted octanol–water partition coefficient (Wildman–Crippen LogP) is 1.82. The molecule has 4 aromatic rings. The van der Waals surface area contributed by atoms with Gasteiger partial charge in [0.05, 0.1) is 6.61 Å². The van der Waals surface area contributed by atoms with E-state index in [2.05, 4.69) is 35.1 Å². The minimum absolute atomic E-state index is 0.0479. The number of aromatic nitrogens is 6. The molecule has 36 heavy (non-hydrogen) atoms. The molecule has 5 rings (SSSR count). The molecule has 1 aliphatic rings. The highest BCUT2D eigenvalue weighted by atomic mass is 31.1. The largest absolute Gasteiger partial charge is 0.695 e. The maximum absolute atomic E-state index is 14.9. The molecule has 0 aliphatic carbocycles. The molecule has 4 heterocycles. The molecule has 1 saturated heterocycles. The van der Waals surface area contributed by atoms with Crippen molar-refractivity contribution in [3.63, 3.8) is 0 Å². The van der Waals surface area contributed by atoms with Crippen LogP contribution in [0.5, 0.6) is 0 Å². The minimum atomic E-state index is -3.12. The molecular weight excluding hydrogens is 496 g/mol. The van der Waals surface area contributed by atoms with Gasteiger partial charge < -0.3 is 15.2 Å². The van der Waals surface area contributed by atoms with Crippen LogP contribution in [0.15, 0.2) is 67.3 Å². The molecule has 186 valence electrons. The highest BCUT2D eigenvalue weighted by Crippen LogP contribution is 2.38. The van der Waals surface area contributed by atoms with Gasteiger partial charge in [-0.05, 0) is 24.3 Å². The zero-order valence-electron chi connectivity index (χ0n) is 18.4. The lowest BCUT2D eigenvalue weighted by molar-refractivity contribution is -0.0492. The Morgan fingerprint density at radius 1 is 1.17 bits per heavy atom. The van der Waals surface area contributed by atoms with Crippen LogP contribution in [0.1, 0.15) is 16.6 Å². The monoisotopic (exact) mass is 516 g/mol. The summed E-state index contributed by atoms with van der Waals surface area (Å²) in [5, 5.41) is 19.7. The normalized spacial score (nSPS) is 21.5. The molecule has 5 atom stereocenters. The van der Waals surface area contributed by atoms with E-state index in [1.54, 1.807) is 42.7 Å². The molecule has 1 unspecified atom stereocenters. The average Bonchev–Trinajstić information content (AvgIpc) is 3.47. The van der Waals surface area contributed by atoms with E-state index in [1.165, 1.54) is 0 Å². The summed E-state index contributed by atoms with van der Waals surface area (Å²) in [7, 11) is -3.12. The number of anilines is 1. The lowest BCUT2D eigenvalue weighted by atomic mass is 10.1. The van der Waals surface area contributed by atoms with Gasteiger partial charge in [0.25, 0.3) is 5.91 Å². The Hall–Kier alpha value is -3.81. The molecule has 0 radical (unpaired) electrons. The maximum atomic E-state index is 14.9. The Bertz CT molecular complexity index is 1290. The number of amides is 1. The van der Waals surface area contributed by atoms with Gasteiger partial charge >= 0.3 is 8.25 Å². The van der Waals surface area contributed by atoms with Crippen LogP contribution in [0.2, 0.25) is 0 Å². The van der Waals surface area contributed by atoms with E-state index < -0.39 is 45.4 Å². The first-order chi connectivity index (χ1) is 17.5. The quantitative estimate of drug-likeness (QED) is 0.319. The summed E-state index contributed by atoms with van der Waals surface area (Å²) in [6.07, 6.45) is -1.44. The Labute approximate surface area is 203 Å². The van der Waals surface area contributed by atoms with Crippen molar-refractivity contribution in [2.45, 2.75) is 24.6 Å². The van der Waals surface area contributed by atoms with Crippen LogP contribution in [0.3, 0.4) is 0 Å². The summed E-state index contributed by atoms with van der Waals surface area (Å²) >= 11 is 0. The molecule has 1 fully saturated rings. The van der Waals surface area contributed by atoms with Crippen LogP contribution >= 0.6 is 8.25 Å². The van der Waals surface area contributed by atoms with E-state index in [0.29, 0.717) is 5.56 Å². The highest BCUT2D eigenvalue weighted by molar-refractivity contribution is 7.32. The van der Waals surface area contributed by atoms with Gasteiger partial charge in [0.1, 0.15) is 12.4 Å². The number of hydrogen-bond donors (Lipinski definition) is 3. The van der Waals surface area contributed by atoms with Crippen LogP contribution in [-0.2, 0) is 13.8 Å². The Morgan fingerprint density at radius 3 is 2.50 bits per heavy atom. The number of nitrogens with zero attached hydrogens (tertiary/aromatic N) is 6. The third-order valence-corrected chi connectivity index (χ3v) is 5.42. The third kappa shape index (κ3) is 5.70. The van der Waals surface area contributed by atoms with E-state index in [4.69, 9.17) is 9.63 Å². The van der Waals surface area contributed by atoms with Crippen LogP contribution in [0, 0.1) is 0 Å². The topological polar surface area (TPSA) is 174 Å². The second-order valence-electron chi connectivity index (χ2n) is 7.27.